The van der Waals surface area contributed by atoms with Crippen molar-refractivity contribution in [3.8, 4) is 0 Å². The van der Waals surface area contributed by atoms with Crippen LogP contribution >= 0.6 is 23.2 Å². The number of hydrogen-bond donors (Lipinski definition) is 0. The third-order valence-corrected chi connectivity index (χ3v) is 4.47. The molecule has 0 radical (unpaired) electrons. The number of carbonyl (C=O) groups is 1. The number of halogens is 2. The highest BCUT2D eigenvalue weighted by Gasteiger charge is 2.12. The molecule has 0 bridgehead atoms. The summed E-state index contributed by atoms with van der Waals surface area (Å²) >= 11 is 12.3. The van der Waals surface area contributed by atoms with Gasteiger partial charge < -0.3 is 4.90 Å². The lowest BCUT2D eigenvalue weighted by atomic mass is 10.2. The maximum atomic E-state index is 12.1. The summed E-state index contributed by atoms with van der Waals surface area (Å²) in [7, 11) is 0. The van der Waals surface area contributed by atoms with Crippen molar-refractivity contribution in [1.82, 2.24) is 14.7 Å². The van der Waals surface area contributed by atoms with Gasteiger partial charge in [-0.2, -0.15) is 5.10 Å². The zero-order valence-corrected chi connectivity index (χ0v) is 15.6. The minimum absolute atomic E-state index is 0.0269. The second-order valence-electron chi connectivity index (χ2n) is 5.42. The SMILES string of the molecule is CCN(CC)C(=O)C=Cc1c(C)nn(Cc2ccc(Cl)cc2)c1Cl. The summed E-state index contributed by atoms with van der Waals surface area (Å²) in [5.41, 5.74) is 2.61. The van der Waals surface area contributed by atoms with Crippen LogP contribution in [0.5, 0.6) is 0 Å². The van der Waals surface area contributed by atoms with Gasteiger partial charge in [-0.15, -0.1) is 0 Å². The Morgan fingerprint density at radius 3 is 2.42 bits per heavy atom. The molecule has 2 aromatic rings. The summed E-state index contributed by atoms with van der Waals surface area (Å²) < 4.78 is 1.72. The summed E-state index contributed by atoms with van der Waals surface area (Å²) in [5.74, 6) is -0.0269. The molecule has 1 aromatic heterocycles. The molecule has 0 N–H and O–H groups in total. The number of rotatable bonds is 6. The van der Waals surface area contributed by atoms with Crippen LogP contribution in [-0.2, 0) is 11.3 Å². The smallest absolute Gasteiger partial charge is 0.246 e. The molecule has 6 heteroatoms. The van der Waals surface area contributed by atoms with Crippen LogP contribution in [0.25, 0.3) is 6.08 Å². The molecular weight excluding hydrogens is 345 g/mol. The molecule has 0 aliphatic heterocycles. The molecule has 0 fully saturated rings. The Morgan fingerprint density at radius 1 is 1.21 bits per heavy atom. The van der Waals surface area contributed by atoms with Crippen molar-refractivity contribution in [3.63, 3.8) is 0 Å². The molecule has 1 heterocycles. The van der Waals surface area contributed by atoms with E-state index in [1.807, 2.05) is 45.0 Å². The minimum Gasteiger partial charge on any atom is -0.340 e. The fourth-order valence-corrected chi connectivity index (χ4v) is 2.84. The average Bonchev–Trinajstić information content (AvgIpc) is 2.82. The number of carbonyl (C=O) groups excluding carboxylic acids is 1. The summed E-state index contributed by atoms with van der Waals surface area (Å²) in [5, 5.41) is 5.68. The highest BCUT2D eigenvalue weighted by atomic mass is 35.5. The van der Waals surface area contributed by atoms with Crippen LogP contribution < -0.4 is 0 Å². The number of likely N-dealkylation sites (N-methyl/N-ethyl adjacent to an activating group) is 1. The zero-order chi connectivity index (χ0) is 17.7. The first-order valence-corrected chi connectivity index (χ1v) is 8.66. The van der Waals surface area contributed by atoms with E-state index in [-0.39, 0.29) is 5.91 Å². The average molecular weight is 366 g/mol. The molecule has 1 amide bonds. The van der Waals surface area contributed by atoms with Gasteiger partial charge in [0.15, 0.2) is 0 Å². The van der Waals surface area contributed by atoms with Gasteiger partial charge in [-0.3, -0.25) is 4.79 Å². The fourth-order valence-electron chi connectivity index (χ4n) is 2.42. The quantitative estimate of drug-likeness (QED) is 0.710. The predicted molar refractivity (Wildman–Crippen MR) is 99.5 cm³/mol. The van der Waals surface area contributed by atoms with E-state index in [9.17, 15) is 4.79 Å². The predicted octanol–water partition coefficient (Wildman–Crippen LogP) is 4.43. The van der Waals surface area contributed by atoms with Gasteiger partial charge >= 0.3 is 0 Å². The zero-order valence-electron chi connectivity index (χ0n) is 14.1. The number of aromatic nitrogens is 2. The summed E-state index contributed by atoms with van der Waals surface area (Å²) in [6.45, 7) is 7.71. The van der Waals surface area contributed by atoms with Crippen LogP contribution in [0.15, 0.2) is 30.3 Å². The summed E-state index contributed by atoms with van der Waals surface area (Å²) in [4.78, 5) is 13.8. The normalized spacial score (nSPS) is 11.2. The highest BCUT2D eigenvalue weighted by Crippen LogP contribution is 2.22. The lowest BCUT2D eigenvalue weighted by Gasteiger charge is -2.15. The topological polar surface area (TPSA) is 38.1 Å². The Morgan fingerprint density at radius 2 is 1.83 bits per heavy atom. The second kappa shape index (κ2) is 8.36. The van der Waals surface area contributed by atoms with Crippen molar-refractivity contribution in [2.45, 2.75) is 27.3 Å². The van der Waals surface area contributed by atoms with Crippen molar-refractivity contribution in [2.75, 3.05) is 13.1 Å². The van der Waals surface area contributed by atoms with Crippen molar-refractivity contribution in [1.29, 1.82) is 0 Å². The Labute approximate surface area is 152 Å². The van der Waals surface area contributed by atoms with E-state index < -0.39 is 0 Å². The van der Waals surface area contributed by atoms with Crippen LogP contribution in [0.3, 0.4) is 0 Å². The molecule has 0 aliphatic rings. The Kier molecular flexibility index (Phi) is 6.46. The number of nitrogens with zero attached hydrogens (tertiary/aromatic N) is 3. The molecule has 0 saturated heterocycles. The second-order valence-corrected chi connectivity index (χ2v) is 6.21. The molecule has 0 saturated carbocycles. The molecule has 0 aliphatic carbocycles. The molecule has 0 unspecified atom stereocenters. The van der Waals surface area contributed by atoms with Gasteiger partial charge in [0, 0.05) is 29.8 Å². The van der Waals surface area contributed by atoms with Gasteiger partial charge in [0.1, 0.15) is 5.15 Å². The largest absolute Gasteiger partial charge is 0.340 e. The van der Waals surface area contributed by atoms with Crippen LogP contribution in [0.1, 0.15) is 30.7 Å². The van der Waals surface area contributed by atoms with E-state index in [1.54, 1.807) is 21.7 Å². The van der Waals surface area contributed by atoms with Crippen LogP contribution in [0.4, 0.5) is 0 Å². The maximum absolute atomic E-state index is 12.1. The van der Waals surface area contributed by atoms with Crippen molar-refractivity contribution >= 4 is 35.2 Å². The van der Waals surface area contributed by atoms with E-state index in [0.717, 1.165) is 16.8 Å². The van der Waals surface area contributed by atoms with E-state index in [4.69, 9.17) is 23.2 Å². The van der Waals surface area contributed by atoms with Gasteiger partial charge in [-0.25, -0.2) is 4.68 Å². The van der Waals surface area contributed by atoms with Crippen molar-refractivity contribution < 1.29 is 4.79 Å². The van der Waals surface area contributed by atoms with Crippen LogP contribution in [-0.4, -0.2) is 33.7 Å². The molecular formula is C18H21Cl2N3O. The molecule has 128 valence electrons. The van der Waals surface area contributed by atoms with E-state index in [1.165, 1.54) is 0 Å². The van der Waals surface area contributed by atoms with Crippen molar-refractivity contribution in [2.24, 2.45) is 0 Å². The van der Waals surface area contributed by atoms with Crippen LogP contribution in [0.2, 0.25) is 10.2 Å². The monoisotopic (exact) mass is 365 g/mol. The third kappa shape index (κ3) is 4.40. The van der Waals surface area contributed by atoms with Gasteiger partial charge in [-0.05, 0) is 44.5 Å². The molecule has 1 aromatic carbocycles. The van der Waals surface area contributed by atoms with Gasteiger partial charge in [0.2, 0.25) is 5.91 Å². The number of amides is 1. The Hall–Kier alpha value is -1.78. The molecule has 0 spiro atoms. The molecule has 4 nitrogen and oxygen atoms in total. The molecule has 2 rings (SSSR count). The number of aryl methyl sites for hydroxylation is 1. The first kappa shape index (κ1) is 18.6. The minimum atomic E-state index is -0.0269. The number of benzene rings is 1. The maximum Gasteiger partial charge on any atom is 0.246 e. The Bertz CT molecular complexity index is 731. The van der Waals surface area contributed by atoms with Crippen LogP contribution in [0, 0.1) is 6.92 Å². The van der Waals surface area contributed by atoms with Gasteiger partial charge in [0.25, 0.3) is 0 Å². The highest BCUT2D eigenvalue weighted by molar-refractivity contribution is 6.31. The summed E-state index contributed by atoms with van der Waals surface area (Å²) in [6.07, 6.45) is 3.29. The number of hydrogen-bond acceptors (Lipinski definition) is 2. The standard InChI is InChI=1S/C18H21Cl2N3O/c1-4-22(5-2)17(24)11-10-16-13(3)21-23(18(16)20)12-14-6-8-15(19)9-7-14/h6-11H,4-5,12H2,1-3H3. The van der Waals surface area contributed by atoms with Crippen molar-refractivity contribution in [3.05, 3.63) is 57.3 Å². The van der Waals surface area contributed by atoms with E-state index in [2.05, 4.69) is 5.10 Å². The Balaban J connectivity index is 2.19. The van der Waals surface area contributed by atoms with Gasteiger partial charge in [0.05, 0.1) is 12.2 Å². The molecule has 24 heavy (non-hydrogen) atoms. The van der Waals surface area contributed by atoms with E-state index in [0.29, 0.717) is 29.8 Å². The lowest BCUT2D eigenvalue weighted by molar-refractivity contribution is -0.125. The molecule has 0 atom stereocenters. The first-order chi connectivity index (χ1) is 11.5. The fraction of sp³-hybridized carbons (Fsp3) is 0.333. The van der Waals surface area contributed by atoms with Gasteiger partial charge in [-0.1, -0.05) is 35.3 Å². The van der Waals surface area contributed by atoms with E-state index >= 15 is 0 Å². The summed E-state index contributed by atoms with van der Waals surface area (Å²) in [6, 6.07) is 7.56. The first-order valence-electron chi connectivity index (χ1n) is 7.90. The lowest BCUT2D eigenvalue weighted by Crippen LogP contribution is -2.28. The third-order valence-electron chi connectivity index (χ3n) is 3.82.